The van der Waals surface area contributed by atoms with Crippen LogP contribution in [0.4, 0.5) is 18.9 Å². The summed E-state index contributed by atoms with van der Waals surface area (Å²) in [6.45, 7) is 1.58. The van der Waals surface area contributed by atoms with E-state index in [1.807, 2.05) is 0 Å². The molecule has 0 radical (unpaired) electrons. The third kappa shape index (κ3) is 7.49. The number of benzene rings is 2. The fourth-order valence-corrected chi connectivity index (χ4v) is 5.87. The number of rotatable bonds is 8. The number of nitrogens with one attached hydrogen (secondary N) is 2. The molecule has 0 unspecified atom stereocenters. The molecule has 2 aromatic carbocycles. The van der Waals surface area contributed by atoms with Gasteiger partial charge in [0.05, 0.1) is 22.3 Å². The van der Waals surface area contributed by atoms with Crippen molar-refractivity contribution in [1.82, 2.24) is 5.32 Å². The Hall–Kier alpha value is -1.03. The number of carbonyl (C=O) groups is 2. The highest BCUT2D eigenvalue weighted by molar-refractivity contribution is 7.99. The van der Waals surface area contributed by atoms with Gasteiger partial charge in [0.2, 0.25) is 5.91 Å². The predicted molar refractivity (Wildman–Crippen MR) is 138 cm³/mol. The number of thioether (sulfide) groups is 1. The van der Waals surface area contributed by atoms with Gasteiger partial charge in [-0.15, -0.1) is 23.2 Å². The second-order valence-corrected chi connectivity index (χ2v) is 11.8. The molecule has 0 aliphatic heterocycles. The van der Waals surface area contributed by atoms with E-state index >= 15 is 0 Å². The first kappa shape index (κ1) is 28.5. The molecule has 3 atom stereocenters. The molecular weight excluding hydrogens is 591 g/mol. The lowest BCUT2D eigenvalue weighted by Crippen LogP contribution is -2.35. The molecule has 1 fully saturated rings. The van der Waals surface area contributed by atoms with Crippen molar-refractivity contribution in [3.05, 3.63) is 62.6 Å². The van der Waals surface area contributed by atoms with Crippen LogP contribution in [0.3, 0.4) is 0 Å². The first-order valence-electron chi connectivity index (χ1n) is 10.1. The Morgan fingerprint density at radius 3 is 2.31 bits per heavy atom. The summed E-state index contributed by atoms with van der Waals surface area (Å²) >= 11 is 31.6. The van der Waals surface area contributed by atoms with Crippen LogP contribution in [0, 0.1) is 5.92 Å². The maximum atomic E-state index is 12.9. The van der Waals surface area contributed by atoms with E-state index in [-0.39, 0.29) is 22.0 Å². The van der Waals surface area contributed by atoms with E-state index < -0.39 is 46.0 Å². The monoisotopic (exact) mass is 606 g/mol. The van der Waals surface area contributed by atoms with Gasteiger partial charge >= 0.3 is 6.18 Å². The van der Waals surface area contributed by atoms with Crippen LogP contribution in [0.25, 0.3) is 0 Å². The first-order chi connectivity index (χ1) is 16.2. The van der Waals surface area contributed by atoms with Crippen molar-refractivity contribution < 1.29 is 22.8 Å². The minimum Gasteiger partial charge on any atom is -0.349 e. The highest BCUT2D eigenvalue weighted by atomic mass is 35.5. The Balaban J connectivity index is 1.66. The van der Waals surface area contributed by atoms with Crippen molar-refractivity contribution in [3.63, 3.8) is 0 Å². The van der Waals surface area contributed by atoms with Gasteiger partial charge in [-0.05, 0) is 48.9 Å². The van der Waals surface area contributed by atoms with Gasteiger partial charge in [0.1, 0.15) is 4.33 Å². The Bertz CT molecular complexity index is 1110. The van der Waals surface area contributed by atoms with Crippen LogP contribution in [0.2, 0.25) is 15.1 Å². The van der Waals surface area contributed by atoms with E-state index in [0.29, 0.717) is 27.4 Å². The van der Waals surface area contributed by atoms with E-state index in [1.54, 1.807) is 25.1 Å². The highest BCUT2D eigenvalue weighted by Gasteiger charge is 2.67. The van der Waals surface area contributed by atoms with E-state index in [4.69, 9.17) is 58.0 Å². The molecule has 190 valence electrons. The van der Waals surface area contributed by atoms with Crippen LogP contribution in [-0.4, -0.2) is 39.9 Å². The van der Waals surface area contributed by atoms with Gasteiger partial charge in [-0.1, -0.05) is 34.8 Å². The van der Waals surface area contributed by atoms with Crippen LogP contribution in [0.1, 0.15) is 28.8 Å². The largest absolute Gasteiger partial charge is 0.397 e. The van der Waals surface area contributed by atoms with Gasteiger partial charge in [0.15, 0.2) is 0 Å². The molecule has 1 aliphatic rings. The minimum absolute atomic E-state index is 0.0501. The zero-order chi connectivity index (χ0) is 26.1. The molecule has 3 rings (SSSR count). The van der Waals surface area contributed by atoms with Gasteiger partial charge in [-0.3, -0.25) is 9.59 Å². The Morgan fingerprint density at radius 2 is 1.71 bits per heavy atom. The molecular formula is C22H18Cl5F3N2O2S. The minimum atomic E-state index is -4.28. The lowest BCUT2D eigenvalue weighted by atomic mass is 10.1. The lowest BCUT2D eigenvalue weighted by molar-refractivity contribution is -0.117. The molecule has 0 heterocycles. The normalized spacial score (nSPS) is 19.7. The van der Waals surface area contributed by atoms with E-state index in [1.165, 1.54) is 18.2 Å². The predicted octanol–water partition coefficient (Wildman–Crippen LogP) is 7.59. The summed E-state index contributed by atoms with van der Waals surface area (Å²) in [5.41, 5.74) is 0.929. The van der Waals surface area contributed by atoms with Crippen LogP contribution in [0.5, 0.6) is 0 Å². The third-order valence-electron chi connectivity index (χ3n) is 5.07. The molecule has 0 spiro atoms. The molecule has 35 heavy (non-hydrogen) atoms. The van der Waals surface area contributed by atoms with Crippen molar-refractivity contribution in [2.24, 2.45) is 5.92 Å². The van der Waals surface area contributed by atoms with E-state index in [9.17, 15) is 22.8 Å². The average Bonchev–Trinajstić information content (AvgIpc) is 3.29. The smallest absolute Gasteiger partial charge is 0.349 e. The van der Waals surface area contributed by atoms with Gasteiger partial charge < -0.3 is 10.6 Å². The van der Waals surface area contributed by atoms with Crippen molar-refractivity contribution in [3.8, 4) is 0 Å². The summed E-state index contributed by atoms with van der Waals surface area (Å²) in [6.07, 6.45) is -4.28. The average molecular weight is 609 g/mol. The summed E-state index contributed by atoms with van der Waals surface area (Å²) in [6, 6.07) is 8.54. The molecule has 2 amide bonds. The summed E-state index contributed by atoms with van der Waals surface area (Å²) < 4.78 is 35.6. The van der Waals surface area contributed by atoms with Crippen molar-refractivity contribution in [2.45, 2.75) is 29.4 Å². The second-order valence-electron chi connectivity index (χ2n) is 8.02. The standard InChI is InChI=1S/C22H18Cl5F3N2O2S/c1-10(8-35-9-21(28,29)30)31-19(33)15-7-14(2-3-16(15)25)32-20(34)18-17(22(18,26)27)11-4-12(23)6-13(24)5-11/h2-7,10,17-18H,8-9H2,1H3,(H,31,33)(H,32,34)/t10-,17+,18-/m1/s1. The number of hydrogen-bond donors (Lipinski definition) is 2. The van der Waals surface area contributed by atoms with Crippen LogP contribution in [-0.2, 0) is 4.79 Å². The zero-order valence-corrected chi connectivity index (χ0v) is 22.5. The molecule has 2 N–H and O–H groups in total. The molecule has 2 aromatic rings. The van der Waals surface area contributed by atoms with Crippen LogP contribution >= 0.6 is 69.8 Å². The number of carbonyl (C=O) groups excluding carboxylic acids is 2. The number of hydrogen-bond acceptors (Lipinski definition) is 3. The molecule has 0 bridgehead atoms. The molecule has 13 heteroatoms. The summed E-state index contributed by atoms with van der Waals surface area (Å²) in [4.78, 5) is 25.5. The van der Waals surface area contributed by atoms with E-state index in [0.717, 1.165) is 0 Å². The number of halogens is 8. The quantitative estimate of drug-likeness (QED) is 0.304. The van der Waals surface area contributed by atoms with Crippen LogP contribution < -0.4 is 10.6 Å². The van der Waals surface area contributed by atoms with Gasteiger partial charge in [-0.2, -0.15) is 24.9 Å². The Kier molecular flexibility index (Phi) is 9.09. The molecule has 0 aromatic heterocycles. The van der Waals surface area contributed by atoms with Gasteiger partial charge in [0, 0.05) is 33.4 Å². The van der Waals surface area contributed by atoms with Gasteiger partial charge in [-0.25, -0.2) is 0 Å². The number of anilines is 1. The lowest BCUT2D eigenvalue weighted by Gasteiger charge is -2.15. The van der Waals surface area contributed by atoms with Crippen LogP contribution in [0.15, 0.2) is 36.4 Å². The third-order valence-corrected chi connectivity index (χ3v) is 8.04. The molecule has 0 saturated heterocycles. The fraction of sp³-hybridized carbons (Fsp3) is 0.364. The molecule has 4 nitrogen and oxygen atoms in total. The maximum Gasteiger partial charge on any atom is 0.397 e. The number of amides is 2. The summed E-state index contributed by atoms with van der Waals surface area (Å²) in [7, 11) is 0. The van der Waals surface area contributed by atoms with Gasteiger partial charge in [0.25, 0.3) is 5.91 Å². The molecule has 1 saturated carbocycles. The zero-order valence-electron chi connectivity index (χ0n) is 17.9. The Morgan fingerprint density at radius 1 is 1.09 bits per heavy atom. The molecule has 1 aliphatic carbocycles. The van der Waals surface area contributed by atoms with Crippen molar-refractivity contribution >= 4 is 87.3 Å². The van der Waals surface area contributed by atoms with Crippen molar-refractivity contribution in [1.29, 1.82) is 0 Å². The topological polar surface area (TPSA) is 58.2 Å². The van der Waals surface area contributed by atoms with E-state index in [2.05, 4.69) is 10.6 Å². The summed E-state index contributed by atoms with van der Waals surface area (Å²) in [5, 5.41) is 6.14. The first-order valence-corrected chi connectivity index (χ1v) is 13.1. The highest BCUT2D eigenvalue weighted by Crippen LogP contribution is 2.65. The fourth-order valence-electron chi connectivity index (χ4n) is 3.51. The SMILES string of the molecule is C[C@H](CSCC(F)(F)F)NC(=O)c1cc(NC(=O)[C@H]2[C@H](c3cc(Cl)cc(Cl)c3)C2(Cl)Cl)ccc1Cl. The Labute approximate surface area is 229 Å². The second kappa shape index (κ2) is 11.2. The summed E-state index contributed by atoms with van der Waals surface area (Å²) in [5.74, 6) is -3.38. The maximum absolute atomic E-state index is 12.9. The van der Waals surface area contributed by atoms with Crippen molar-refractivity contribution in [2.75, 3.05) is 16.8 Å². The number of alkyl halides is 5.